The largest absolute Gasteiger partial charge is 0.345 e. The first-order chi connectivity index (χ1) is 9.50. The first kappa shape index (κ1) is 13.9. The Hall–Kier alpha value is -2.48. The maximum atomic E-state index is 12.0. The third-order valence-corrected chi connectivity index (χ3v) is 3.03. The average molecular weight is 296 g/mol. The lowest BCUT2D eigenvalue weighted by Crippen LogP contribution is -2.24. The average Bonchev–Trinajstić information content (AvgIpc) is 2.81. The number of carbonyl (C=O) groups is 1. The van der Waals surface area contributed by atoms with Crippen LogP contribution in [-0.4, -0.2) is 25.6 Å². The molecule has 0 bridgehead atoms. The lowest BCUT2D eigenvalue weighted by atomic mass is 10.2. The van der Waals surface area contributed by atoms with E-state index in [4.69, 9.17) is 11.6 Å². The molecule has 0 saturated heterocycles. The van der Waals surface area contributed by atoms with Gasteiger partial charge in [0, 0.05) is 13.1 Å². The molecule has 20 heavy (non-hydrogen) atoms. The van der Waals surface area contributed by atoms with E-state index in [1.54, 1.807) is 11.6 Å². The topological polar surface area (TPSA) is 103 Å². The molecular formula is C11H10ClN5O3. The molecule has 0 radical (unpaired) electrons. The van der Waals surface area contributed by atoms with Crippen molar-refractivity contribution < 1.29 is 9.72 Å². The van der Waals surface area contributed by atoms with Crippen LogP contribution in [0, 0.1) is 10.1 Å². The summed E-state index contributed by atoms with van der Waals surface area (Å²) < 4.78 is 1.65. The fraction of sp³-hybridized carbons (Fsp3) is 0.182. The lowest BCUT2D eigenvalue weighted by molar-refractivity contribution is -0.384. The summed E-state index contributed by atoms with van der Waals surface area (Å²) in [4.78, 5) is 22.1. The van der Waals surface area contributed by atoms with Gasteiger partial charge in [-0.3, -0.25) is 14.9 Å². The van der Waals surface area contributed by atoms with E-state index in [1.165, 1.54) is 24.5 Å². The second-order valence-electron chi connectivity index (χ2n) is 3.94. The van der Waals surface area contributed by atoms with Gasteiger partial charge in [-0.2, -0.15) is 0 Å². The van der Waals surface area contributed by atoms with E-state index in [-0.39, 0.29) is 22.8 Å². The van der Waals surface area contributed by atoms with E-state index in [0.29, 0.717) is 5.82 Å². The van der Waals surface area contributed by atoms with Gasteiger partial charge in [-0.15, -0.1) is 10.2 Å². The molecule has 0 fully saturated rings. The molecule has 1 aromatic carbocycles. The number of carbonyl (C=O) groups excluding carboxylic acids is 1. The first-order valence-electron chi connectivity index (χ1n) is 5.54. The van der Waals surface area contributed by atoms with Crippen LogP contribution in [0.1, 0.15) is 16.2 Å². The van der Waals surface area contributed by atoms with Gasteiger partial charge in [-0.1, -0.05) is 17.7 Å². The number of nitrogens with zero attached hydrogens (tertiary/aromatic N) is 4. The summed E-state index contributed by atoms with van der Waals surface area (Å²) >= 11 is 5.85. The van der Waals surface area contributed by atoms with E-state index in [2.05, 4.69) is 15.5 Å². The summed E-state index contributed by atoms with van der Waals surface area (Å²) in [6.45, 7) is 0.147. The minimum Gasteiger partial charge on any atom is -0.345 e. The number of aromatic nitrogens is 3. The van der Waals surface area contributed by atoms with Crippen molar-refractivity contribution in [3.63, 3.8) is 0 Å². The Labute approximate surface area is 118 Å². The number of amides is 1. The van der Waals surface area contributed by atoms with Gasteiger partial charge in [0.1, 0.15) is 11.3 Å². The fourth-order valence-electron chi connectivity index (χ4n) is 1.56. The molecule has 2 rings (SSSR count). The number of aryl methyl sites for hydroxylation is 1. The zero-order chi connectivity index (χ0) is 14.7. The quantitative estimate of drug-likeness (QED) is 0.676. The number of halogens is 1. The highest BCUT2D eigenvalue weighted by molar-refractivity contribution is 6.35. The molecule has 1 heterocycles. The highest BCUT2D eigenvalue weighted by Crippen LogP contribution is 2.27. The normalized spacial score (nSPS) is 10.3. The highest BCUT2D eigenvalue weighted by atomic mass is 35.5. The van der Waals surface area contributed by atoms with Gasteiger partial charge in [-0.25, -0.2) is 0 Å². The van der Waals surface area contributed by atoms with Crippen LogP contribution in [0.4, 0.5) is 5.69 Å². The Morgan fingerprint density at radius 2 is 2.30 bits per heavy atom. The number of nitro benzene ring substituents is 1. The van der Waals surface area contributed by atoms with Crippen LogP contribution in [0.3, 0.4) is 0 Å². The molecule has 9 heteroatoms. The summed E-state index contributed by atoms with van der Waals surface area (Å²) in [5.74, 6) is 0.0432. The third-order valence-electron chi connectivity index (χ3n) is 2.63. The van der Waals surface area contributed by atoms with Gasteiger partial charge >= 0.3 is 0 Å². The first-order valence-corrected chi connectivity index (χ1v) is 5.92. The summed E-state index contributed by atoms with van der Waals surface area (Å²) in [7, 11) is 1.74. The minimum atomic E-state index is -0.637. The Bertz CT molecular complexity index is 670. The van der Waals surface area contributed by atoms with Crippen LogP contribution in [0.2, 0.25) is 5.02 Å². The Kier molecular flexibility index (Phi) is 3.94. The van der Waals surface area contributed by atoms with Crippen molar-refractivity contribution in [2.24, 2.45) is 7.05 Å². The molecule has 0 aliphatic rings. The lowest BCUT2D eigenvalue weighted by Gasteiger charge is -2.06. The van der Waals surface area contributed by atoms with Crippen molar-refractivity contribution in [3.05, 3.63) is 51.1 Å². The van der Waals surface area contributed by atoms with E-state index < -0.39 is 10.8 Å². The number of rotatable bonds is 4. The number of nitro groups is 1. The molecule has 8 nitrogen and oxygen atoms in total. The number of benzene rings is 1. The smallest absolute Gasteiger partial charge is 0.288 e. The van der Waals surface area contributed by atoms with Crippen LogP contribution in [0.5, 0.6) is 0 Å². The minimum absolute atomic E-state index is 0.0445. The molecule has 0 atom stereocenters. The van der Waals surface area contributed by atoms with Gasteiger partial charge in [0.05, 0.1) is 17.0 Å². The van der Waals surface area contributed by atoms with Crippen LogP contribution < -0.4 is 5.32 Å². The van der Waals surface area contributed by atoms with Crippen LogP contribution in [0.15, 0.2) is 24.5 Å². The molecule has 0 unspecified atom stereocenters. The van der Waals surface area contributed by atoms with Crippen molar-refractivity contribution in [1.29, 1.82) is 0 Å². The molecular weight excluding hydrogens is 286 g/mol. The molecule has 0 aliphatic carbocycles. The second-order valence-corrected chi connectivity index (χ2v) is 4.31. The Morgan fingerprint density at radius 1 is 1.55 bits per heavy atom. The predicted octanol–water partition coefficient (Wildman–Crippen LogP) is 1.31. The van der Waals surface area contributed by atoms with Crippen molar-refractivity contribution >= 4 is 23.2 Å². The number of nitrogens with one attached hydrogen (secondary N) is 1. The molecule has 0 aliphatic heterocycles. The van der Waals surface area contributed by atoms with Crippen LogP contribution >= 0.6 is 11.6 Å². The molecule has 1 N–H and O–H groups in total. The van der Waals surface area contributed by atoms with Gasteiger partial charge in [0.15, 0.2) is 5.82 Å². The molecule has 2 aromatic rings. The maximum Gasteiger partial charge on any atom is 0.288 e. The number of hydrogen-bond donors (Lipinski definition) is 1. The predicted molar refractivity (Wildman–Crippen MR) is 70.3 cm³/mol. The zero-order valence-corrected chi connectivity index (χ0v) is 11.2. The standard InChI is InChI=1S/C11H10ClN5O3/c1-16-6-14-15-9(16)5-13-11(18)7-3-2-4-8(10(7)12)17(19)20/h2-4,6H,5H2,1H3,(H,13,18). The third kappa shape index (κ3) is 2.75. The van der Waals surface area contributed by atoms with E-state index in [1.807, 2.05) is 0 Å². The van der Waals surface area contributed by atoms with Crippen LogP contribution in [-0.2, 0) is 13.6 Å². The maximum absolute atomic E-state index is 12.0. The molecule has 0 spiro atoms. The molecule has 104 valence electrons. The van der Waals surface area contributed by atoms with Crippen LogP contribution in [0.25, 0.3) is 0 Å². The Morgan fingerprint density at radius 3 is 2.90 bits per heavy atom. The van der Waals surface area contributed by atoms with E-state index in [9.17, 15) is 14.9 Å². The van der Waals surface area contributed by atoms with Gasteiger partial charge in [0.25, 0.3) is 11.6 Å². The summed E-state index contributed by atoms with van der Waals surface area (Å²) in [6, 6.07) is 4.06. The van der Waals surface area contributed by atoms with Crippen molar-refractivity contribution in [2.75, 3.05) is 0 Å². The molecule has 0 saturated carbocycles. The van der Waals surface area contributed by atoms with E-state index in [0.717, 1.165) is 0 Å². The van der Waals surface area contributed by atoms with Gasteiger partial charge in [0.2, 0.25) is 0 Å². The highest BCUT2D eigenvalue weighted by Gasteiger charge is 2.19. The Balaban J connectivity index is 2.16. The van der Waals surface area contributed by atoms with Gasteiger partial charge < -0.3 is 9.88 Å². The van der Waals surface area contributed by atoms with Gasteiger partial charge in [-0.05, 0) is 6.07 Å². The molecule has 1 aromatic heterocycles. The SMILES string of the molecule is Cn1cnnc1CNC(=O)c1cccc([N+](=O)[O-])c1Cl. The number of hydrogen-bond acceptors (Lipinski definition) is 5. The van der Waals surface area contributed by atoms with E-state index >= 15 is 0 Å². The summed E-state index contributed by atoms with van der Waals surface area (Å²) in [5, 5.41) is 20.6. The fourth-order valence-corrected chi connectivity index (χ4v) is 1.84. The zero-order valence-electron chi connectivity index (χ0n) is 10.4. The second kappa shape index (κ2) is 5.66. The molecule has 1 amide bonds. The van der Waals surface area contributed by atoms with Crippen molar-refractivity contribution in [2.45, 2.75) is 6.54 Å². The monoisotopic (exact) mass is 295 g/mol. The summed E-state index contributed by atoms with van der Waals surface area (Å²) in [5.41, 5.74) is -0.263. The summed E-state index contributed by atoms with van der Waals surface area (Å²) in [6.07, 6.45) is 1.50. The van der Waals surface area contributed by atoms with Crippen molar-refractivity contribution in [1.82, 2.24) is 20.1 Å². The van der Waals surface area contributed by atoms with Crippen molar-refractivity contribution in [3.8, 4) is 0 Å².